The number of aliphatic hydroxyl groups is 1. The van der Waals surface area contributed by atoms with E-state index in [9.17, 15) is 13.2 Å². The average molecular weight is 218 g/mol. The Balaban J connectivity index is 3.14. The lowest BCUT2D eigenvalue weighted by molar-refractivity contribution is -0.276. The lowest BCUT2D eigenvalue weighted by atomic mass is 10.1. The zero-order chi connectivity index (χ0) is 11.5. The molecule has 1 rings (SSSR count). The standard InChI is InChI=1S/C8H5F3N2O2/c9-8(10,11)15-7-6(3-12)5(4-14)1-2-13-7/h1-2,14H,4H2. The lowest BCUT2D eigenvalue weighted by Crippen LogP contribution is -2.19. The molecule has 0 atom stereocenters. The Morgan fingerprint density at radius 2 is 2.20 bits per heavy atom. The Hall–Kier alpha value is -1.81. The zero-order valence-electron chi connectivity index (χ0n) is 7.25. The highest BCUT2D eigenvalue weighted by Crippen LogP contribution is 2.25. The van der Waals surface area contributed by atoms with Gasteiger partial charge in [-0.05, 0) is 6.07 Å². The second-order valence-electron chi connectivity index (χ2n) is 2.47. The first-order valence-electron chi connectivity index (χ1n) is 3.72. The second kappa shape index (κ2) is 4.14. The van der Waals surface area contributed by atoms with Gasteiger partial charge in [-0.2, -0.15) is 5.26 Å². The van der Waals surface area contributed by atoms with Crippen LogP contribution in [0.5, 0.6) is 5.88 Å². The van der Waals surface area contributed by atoms with E-state index in [1.807, 2.05) is 0 Å². The Kier molecular flexibility index (Phi) is 3.11. The Morgan fingerprint density at radius 1 is 1.53 bits per heavy atom. The van der Waals surface area contributed by atoms with E-state index in [1.165, 1.54) is 12.1 Å². The van der Waals surface area contributed by atoms with Crippen LogP contribution in [-0.4, -0.2) is 16.5 Å². The van der Waals surface area contributed by atoms with Crippen molar-refractivity contribution in [3.05, 3.63) is 23.4 Å². The highest BCUT2D eigenvalue weighted by atomic mass is 19.4. The smallest absolute Gasteiger partial charge is 0.392 e. The van der Waals surface area contributed by atoms with Crippen molar-refractivity contribution in [3.63, 3.8) is 0 Å². The van der Waals surface area contributed by atoms with Crippen molar-refractivity contribution in [2.75, 3.05) is 0 Å². The molecule has 0 spiro atoms. The number of aromatic nitrogens is 1. The number of aliphatic hydroxyl groups excluding tert-OH is 1. The minimum absolute atomic E-state index is 0.0340. The first-order valence-corrected chi connectivity index (χ1v) is 3.72. The van der Waals surface area contributed by atoms with Crippen LogP contribution in [-0.2, 0) is 6.61 Å². The zero-order valence-corrected chi connectivity index (χ0v) is 7.25. The van der Waals surface area contributed by atoms with Crippen LogP contribution < -0.4 is 4.74 Å². The molecule has 0 aliphatic heterocycles. The molecule has 0 unspecified atom stereocenters. The number of hydrogen-bond acceptors (Lipinski definition) is 4. The largest absolute Gasteiger partial charge is 0.574 e. The number of nitrogens with zero attached hydrogens (tertiary/aromatic N) is 2. The molecule has 0 bridgehead atoms. The summed E-state index contributed by atoms with van der Waals surface area (Å²) < 4.78 is 39.1. The predicted molar refractivity (Wildman–Crippen MR) is 41.6 cm³/mol. The van der Waals surface area contributed by atoms with Crippen molar-refractivity contribution >= 4 is 0 Å². The number of rotatable bonds is 2. The number of hydrogen-bond donors (Lipinski definition) is 1. The fourth-order valence-corrected chi connectivity index (χ4v) is 0.919. The van der Waals surface area contributed by atoms with Gasteiger partial charge in [0, 0.05) is 11.8 Å². The van der Waals surface area contributed by atoms with E-state index >= 15 is 0 Å². The average Bonchev–Trinajstić information content (AvgIpc) is 2.15. The first kappa shape index (κ1) is 11.3. The SMILES string of the molecule is N#Cc1c(CO)ccnc1OC(F)(F)F. The molecule has 4 nitrogen and oxygen atoms in total. The van der Waals surface area contributed by atoms with Gasteiger partial charge in [0.2, 0.25) is 5.88 Å². The summed E-state index contributed by atoms with van der Waals surface area (Å²) >= 11 is 0. The van der Waals surface area contributed by atoms with Gasteiger partial charge in [0.25, 0.3) is 0 Å². The van der Waals surface area contributed by atoms with Crippen molar-refractivity contribution < 1.29 is 23.0 Å². The number of ether oxygens (including phenoxy) is 1. The van der Waals surface area contributed by atoms with Gasteiger partial charge in [0.1, 0.15) is 11.6 Å². The van der Waals surface area contributed by atoms with E-state index in [-0.39, 0.29) is 5.56 Å². The number of nitriles is 1. The Morgan fingerprint density at radius 3 is 2.67 bits per heavy atom. The number of halogens is 3. The Bertz CT molecular complexity index is 398. The van der Waals surface area contributed by atoms with E-state index in [0.717, 1.165) is 6.20 Å². The van der Waals surface area contributed by atoms with Crippen molar-refractivity contribution in [1.29, 1.82) is 5.26 Å². The molecule has 0 fully saturated rings. The third-order valence-electron chi connectivity index (χ3n) is 1.50. The molecule has 0 aliphatic carbocycles. The normalized spacial score (nSPS) is 10.9. The van der Waals surface area contributed by atoms with Gasteiger partial charge in [-0.25, -0.2) is 4.98 Å². The molecule has 7 heteroatoms. The first-order chi connectivity index (χ1) is 6.98. The topological polar surface area (TPSA) is 66.1 Å². The lowest BCUT2D eigenvalue weighted by Gasteiger charge is -2.10. The fraction of sp³-hybridized carbons (Fsp3) is 0.250. The van der Waals surface area contributed by atoms with Gasteiger partial charge in [0.05, 0.1) is 6.61 Å². The predicted octanol–water partition coefficient (Wildman–Crippen LogP) is 1.34. The molecule has 1 heterocycles. The Labute approximate surface area is 82.5 Å². The highest BCUT2D eigenvalue weighted by Gasteiger charge is 2.33. The third kappa shape index (κ3) is 2.82. The molecule has 80 valence electrons. The summed E-state index contributed by atoms with van der Waals surface area (Å²) in [6.45, 7) is -0.556. The molecule has 1 N–H and O–H groups in total. The maximum absolute atomic E-state index is 11.9. The molecular weight excluding hydrogens is 213 g/mol. The van der Waals surface area contributed by atoms with E-state index in [2.05, 4.69) is 9.72 Å². The van der Waals surface area contributed by atoms with Crippen molar-refractivity contribution in [3.8, 4) is 11.9 Å². The fourth-order valence-electron chi connectivity index (χ4n) is 0.919. The quantitative estimate of drug-likeness (QED) is 0.813. The molecule has 0 amide bonds. The molecule has 0 aromatic carbocycles. The molecule has 15 heavy (non-hydrogen) atoms. The van der Waals surface area contributed by atoms with Crippen LogP contribution in [0.25, 0.3) is 0 Å². The molecular formula is C8H5F3N2O2. The maximum atomic E-state index is 11.9. The summed E-state index contributed by atoms with van der Waals surface area (Å²) in [5.74, 6) is -0.850. The van der Waals surface area contributed by atoms with Crippen LogP contribution in [0.4, 0.5) is 13.2 Å². The third-order valence-corrected chi connectivity index (χ3v) is 1.50. The minimum atomic E-state index is -4.91. The number of pyridine rings is 1. The van der Waals surface area contributed by atoms with Gasteiger partial charge in [-0.3, -0.25) is 0 Å². The van der Waals surface area contributed by atoms with Crippen LogP contribution in [0.15, 0.2) is 12.3 Å². The number of alkyl halides is 3. The summed E-state index contributed by atoms with van der Waals surface area (Å²) in [7, 11) is 0. The molecule has 0 aliphatic rings. The summed E-state index contributed by atoms with van der Waals surface area (Å²) in [6, 6.07) is 2.73. The van der Waals surface area contributed by atoms with Crippen LogP contribution in [0.2, 0.25) is 0 Å². The van der Waals surface area contributed by atoms with E-state index in [4.69, 9.17) is 10.4 Å². The minimum Gasteiger partial charge on any atom is -0.392 e. The van der Waals surface area contributed by atoms with Gasteiger partial charge in [-0.1, -0.05) is 0 Å². The molecule has 0 saturated carbocycles. The molecule has 1 aromatic heterocycles. The van der Waals surface area contributed by atoms with Crippen LogP contribution in [0, 0.1) is 11.3 Å². The van der Waals surface area contributed by atoms with Crippen molar-refractivity contribution in [2.24, 2.45) is 0 Å². The molecule has 1 aromatic rings. The van der Waals surface area contributed by atoms with Crippen LogP contribution in [0.1, 0.15) is 11.1 Å². The summed E-state index contributed by atoms with van der Waals surface area (Å²) in [5, 5.41) is 17.3. The maximum Gasteiger partial charge on any atom is 0.574 e. The van der Waals surface area contributed by atoms with E-state index < -0.39 is 24.4 Å². The van der Waals surface area contributed by atoms with Gasteiger partial charge in [0.15, 0.2) is 0 Å². The highest BCUT2D eigenvalue weighted by molar-refractivity contribution is 5.44. The van der Waals surface area contributed by atoms with Crippen LogP contribution in [0.3, 0.4) is 0 Å². The van der Waals surface area contributed by atoms with E-state index in [0.29, 0.717) is 0 Å². The molecule has 0 radical (unpaired) electrons. The molecule has 0 saturated heterocycles. The van der Waals surface area contributed by atoms with Crippen molar-refractivity contribution in [1.82, 2.24) is 4.98 Å². The summed E-state index contributed by atoms with van der Waals surface area (Å²) in [4.78, 5) is 3.27. The monoisotopic (exact) mass is 218 g/mol. The second-order valence-corrected chi connectivity index (χ2v) is 2.47. The van der Waals surface area contributed by atoms with Gasteiger partial charge < -0.3 is 9.84 Å². The van der Waals surface area contributed by atoms with Gasteiger partial charge >= 0.3 is 6.36 Å². The summed E-state index contributed by atoms with van der Waals surface area (Å²) in [6.07, 6.45) is -3.89. The van der Waals surface area contributed by atoms with Crippen LogP contribution >= 0.6 is 0 Å². The van der Waals surface area contributed by atoms with E-state index in [1.54, 1.807) is 0 Å². The van der Waals surface area contributed by atoms with Crippen molar-refractivity contribution in [2.45, 2.75) is 13.0 Å². The summed E-state index contributed by atoms with van der Waals surface area (Å²) in [5.41, 5.74) is -0.385. The van der Waals surface area contributed by atoms with Gasteiger partial charge in [-0.15, -0.1) is 13.2 Å².